The van der Waals surface area contributed by atoms with Gasteiger partial charge >= 0.3 is 0 Å². The fraction of sp³-hybridized carbons (Fsp3) is 0.643. The van der Waals surface area contributed by atoms with Gasteiger partial charge in [0.2, 0.25) is 0 Å². The number of ether oxygens (including phenoxy) is 3. The maximum atomic E-state index is 5.49. The zero-order chi connectivity index (χ0) is 15.0. The van der Waals surface area contributed by atoms with Crippen molar-refractivity contribution in [2.45, 2.75) is 11.4 Å². The van der Waals surface area contributed by atoms with E-state index in [0.29, 0.717) is 39.6 Å². The van der Waals surface area contributed by atoms with Gasteiger partial charge in [-0.1, -0.05) is 16.9 Å². The molecule has 0 amide bonds. The van der Waals surface area contributed by atoms with Crippen molar-refractivity contribution in [1.29, 1.82) is 0 Å². The Hall–Kier alpha value is -0.310. The summed E-state index contributed by atoms with van der Waals surface area (Å²) in [6, 6.07) is 5.94. The van der Waals surface area contributed by atoms with Crippen LogP contribution in [-0.4, -0.2) is 56.9 Å². The monoisotopic (exact) mass is 332 g/mol. The number of hydrogen-bond acceptors (Lipinski definition) is 7. The Kier molecular flexibility index (Phi) is 13.0. The molecule has 1 rings (SSSR count). The molecule has 0 fully saturated rings. The second-order valence-corrected chi connectivity index (χ2v) is 6.49. The van der Waals surface area contributed by atoms with E-state index in [4.69, 9.17) is 19.9 Å². The standard InChI is InChI=1S/C14H24N2O3S2/c15-5-8-18-10-12-19-11-9-17-7-3-13-20-21-14-4-1-2-6-16-14/h1-2,4,6H,3,5,7-13,15H2. The van der Waals surface area contributed by atoms with Crippen molar-refractivity contribution in [1.82, 2.24) is 4.98 Å². The molecule has 0 saturated carbocycles. The highest BCUT2D eigenvalue weighted by Gasteiger charge is 1.96. The number of rotatable bonds is 14. The van der Waals surface area contributed by atoms with Gasteiger partial charge in [-0.25, -0.2) is 4.98 Å². The number of pyridine rings is 1. The van der Waals surface area contributed by atoms with E-state index in [9.17, 15) is 0 Å². The van der Waals surface area contributed by atoms with E-state index in [1.165, 1.54) is 0 Å². The lowest BCUT2D eigenvalue weighted by molar-refractivity contribution is 0.0162. The molecule has 0 spiro atoms. The van der Waals surface area contributed by atoms with Crippen molar-refractivity contribution >= 4 is 21.6 Å². The van der Waals surface area contributed by atoms with E-state index in [2.05, 4.69) is 4.98 Å². The molecule has 1 aromatic rings. The quantitative estimate of drug-likeness (QED) is 0.414. The molecular weight excluding hydrogens is 308 g/mol. The lowest BCUT2D eigenvalue weighted by Crippen LogP contribution is -2.13. The summed E-state index contributed by atoms with van der Waals surface area (Å²) in [6.45, 7) is 4.35. The molecule has 0 bridgehead atoms. The molecule has 0 unspecified atom stereocenters. The number of nitrogens with zero attached hydrogens (tertiary/aromatic N) is 1. The molecule has 7 heteroatoms. The predicted molar refractivity (Wildman–Crippen MR) is 88.7 cm³/mol. The predicted octanol–water partition coefficient (Wildman–Crippen LogP) is 2.22. The fourth-order valence-corrected chi connectivity index (χ4v) is 3.28. The van der Waals surface area contributed by atoms with Gasteiger partial charge in [0.1, 0.15) is 5.03 Å². The summed E-state index contributed by atoms with van der Waals surface area (Å²) < 4.78 is 16.0. The maximum Gasteiger partial charge on any atom is 0.106 e. The Morgan fingerprint density at radius 2 is 1.67 bits per heavy atom. The van der Waals surface area contributed by atoms with Crippen LogP contribution in [-0.2, 0) is 14.2 Å². The van der Waals surface area contributed by atoms with Gasteiger partial charge in [0.25, 0.3) is 0 Å². The van der Waals surface area contributed by atoms with Gasteiger partial charge in [0.15, 0.2) is 0 Å². The van der Waals surface area contributed by atoms with Crippen LogP contribution in [0.2, 0.25) is 0 Å². The molecule has 5 nitrogen and oxygen atoms in total. The molecule has 0 aromatic carbocycles. The SMILES string of the molecule is NCCOCCOCCOCCCSSc1ccccn1. The Bertz CT molecular complexity index is 331. The smallest absolute Gasteiger partial charge is 0.106 e. The third-order valence-corrected chi connectivity index (χ3v) is 4.66. The zero-order valence-electron chi connectivity index (χ0n) is 12.2. The van der Waals surface area contributed by atoms with Gasteiger partial charge in [-0.2, -0.15) is 0 Å². The normalized spacial score (nSPS) is 10.9. The van der Waals surface area contributed by atoms with E-state index >= 15 is 0 Å². The van der Waals surface area contributed by atoms with Gasteiger partial charge in [-0.3, -0.25) is 0 Å². The van der Waals surface area contributed by atoms with E-state index in [1.807, 2.05) is 24.4 Å². The summed E-state index contributed by atoms with van der Waals surface area (Å²) in [4.78, 5) is 4.25. The third kappa shape index (κ3) is 12.0. The highest BCUT2D eigenvalue weighted by Crippen LogP contribution is 2.29. The van der Waals surface area contributed by atoms with E-state index < -0.39 is 0 Å². The van der Waals surface area contributed by atoms with Crippen LogP contribution < -0.4 is 5.73 Å². The van der Waals surface area contributed by atoms with Crippen LogP contribution in [0.15, 0.2) is 29.4 Å². The van der Waals surface area contributed by atoms with Crippen molar-refractivity contribution in [3.8, 4) is 0 Å². The summed E-state index contributed by atoms with van der Waals surface area (Å²) in [5.41, 5.74) is 5.30. The lowest BCUT2D eigenvalue weighted by Gasteiger charge is -2.06. The highest BCUT2D eigenvalue weighted by atomic mass is 33.1. The van der Waals surface area contributed by atoms with E-state index in [0.717, 1.165) is 23.8 Å². The van der Waals surface area contributed by atoms with Crippen LogP contribution in [0, 0.1) is 0 Å². The van der Waals surface area contributed by atoms with Gasteiger partial charge in [-0.05, 0) is 29.3 Å². The van der Waals surface area contributed by atoms with Crippen molar-refractivity contribution in [3.05, 3.63) is 24.4 Å². The first-order valence-corrected chi connectivity index (χ1v) is 9.39. The van der Waals surface area contributed by atoms with Crippen LogP contribution in [0.1, 0.15) is 6.42 Å². The molecule has 120 valence electrons. The Labute approximate surface area is 134 Å². The summed E-state index contributed by atoms with van der Waals surface area (Å²) in [5, 5.41) is 1.05. The fourth-order valence-electron chi connectivity index (χ4n) is 1.34. The third-order valence-electron chi connectivity index (χ3n) is 2.30. The summed E-state index contributed by atoms with van der Waals surface area (Å²) in [5.74, 6) is 1.05. The van der Waals surface area contributed by atoms with Gasteiger partial charge < -0.3 is 19.9 Å². The second kappa shape index (κ2) is 14.6. The van der Waals surface area contributed by atoms with Crippen LogP contribution in [0.4, 0.5) is 0 Å². The Morgan fingerprint density at radius 1 is 0.952 bits per heavy atom. The molecule has 0 saturated heterocycles. The van der Waals surface area contributed by atoms with Crippen molar-refractivity contribution in [2.75, 3.05) is 51.9 Å². The largest absolute Gasteiger partial charge is 0.379 e. The Balaban J connectivity index is 1.75. The number of aromatic nitrogens is 1. The lowest BCUT2D eigenvalue weighted by atomic mass is 10.5. The minimum absolute atomic E-state index is 0.555. The molecule has 21 heavy (non-hydrogen) atoms. The van der Waals surface area contributed by atoms with Crippen molar-refractivity contribution in [3.63, 3.8) is 0 Å². The van der Waals surface area contributed by atoms with Crippen LogP contribution in [0.25, 0.3) is 0 Å². The molecule has 0 atom stereocenters. The minimum Gasteiger partial charge on any atom is -0.379 e. The van der Waals surface area contributed by atoms with Crippen molar-refractivity contribution < 1.29 is 14.2 Å². The van der Waals surface area contributed by atoms with Crippen LogP contribution >= 0.6 is 21.6 Å². The molecule has 0 aliphatic rings. The first-order valence-electron chi connectivity index (χ1n) is 7.07. The summed E-state index contributed by atoms with van der Waals surface area (Å²) >= 11 is 0. The minimum atomic E-state index is 0.555. The van der Waals surface area contributed by atoms with Crippen molar-refractivity contribution in [2.24, 2.45) is 5.73 Å². The van der Waals surface area contributed by atoms with Crippen LogP contribution in [0.3, 0.4) is 0 Å². The first-order chi connectivity index (χ1) is 10.4. The van der Waals surface area contributed by atoms with Gasteiger partial charge in [-0.15, -0.1) is 0 Å². The van der Waals surface area contributed by atoms with Crippen LogP contribution in [0.5, 0.6) is 0 Å². The highest BCUT2D eigenvalue weighted by molar-refractivity contribution is 8.76. The number of hydrogen-bond donors (Lipinski definition) is 1. The molecule has 0 aliphatic carbocycles. The van der Waals surface area contributed by atoms with Gasteiger partial charge in [0, 0.05) is 25.1 Å². The topological polar surface area (TPSA) is 66.6 Å². The molecule has 0 radical (unpaired) electrons. The van der Waals surface area contributed by atoms with Gasteiger partial charge in [0.05, 0.1) is 33.0 Å². The average Bonchev–Trinajstić information content (AvgIpc) is 2.53. The first kappa shape index (κ1) is 18.7. The second-order valence-electron chi connectivity index (χ2n) is 4.05. The molecule has 1 heterocycles. The maximum absolute atomic E-state index is 5.49. The number of nitrogens with two attached hydrogens (primary N) is 1. The molecule has 1 aromatic heterocycles. The molecular formula is C14H24N2O3S2. The summed E-state index contributed by atoms with van der Waals surface area (Å²) in [6.07, 6.45) is 2.84. The van der Waals surface area contributed by atoms with E-state index in [1.54, 1.807) is 21.6 Å². The summed E-state index contributed by atoms with van der Waals surface area (Å²) in [7, 11) is 3.51. The van der Waals surface area contributed by atoms with E-state index in [-0.39, 0.29) is 0 Å². The Morgan fingerprint density at radius 3 is 2.33 bits per heavy atom. The zero-order valence-corrected chi connectivity index (χ0v) is 13.9. The molecule has 2 N–H and O–H groups in total. The molecule has 0 aliphatic heterocycles. The average molecular weight is 332 g/mol.